The Morgan fingerprint density at radius 2 is 1.35 bits per heavy atom. The van der Waals surface area contributed by atoms with Crippen LogP contribution in [0.3, 0.4) is 0 Å². The van der Waals surface area contributed by atoms with E-state index in [-0.39, 0.29) is 17.9 Å². The van der Waals surface area contributed by atoms with Crippen LogP contribution in [0.25, 0.3) is 11.4 Å². The third kappa shape index (κ3) is 5.48. The first-order valence-corrected chi connectivity index (χ1v) is 12.6. The second-order valence-corrected chi connectivity index (χ2v) is 9.33. The SMILES string of the molecule is CCCC(CNC(=O)c1cc(C)n(-c2cccnc2)c1C)NC(=O)c1cc(C)n(-c2cccnc2)c1C. The molecule has 1 atom stereocenters. The van der Waals surface area contributed by atoms with Gasteiger partial charge in [0.15, 0.2) is 0 Å². The number of hydrogen-bond acceptors (Lipinski definition) is 4. The average molecular weight is 499 g/mol. The van der Waals surface area contributed by atoms with Gasteiger partial charge in [0.05, 0.1) is 34.9 Å². The largest absolute Gasteiger partial charge is 0.350 e. The molecule has 0 fully saturated rings. The third-order valence-corrected chi connectivity index (χ3v) is 6.64. The number of carbonyl (C=O) groups excluding carboxylic acids is 2. The molecule has 8 heteroatoms. The Balaban J connectivity index is 1.46. The lowest BCUT2D eigenvalue weighted by molar-refractivity contribution is 0.0905. The fourth-order valence-electron chi connectivity index (χ4n) is 4.90. The number of hydrogen-bond donors (Lipinski definition) is 2. The zero-order valence-corrected chi connectivity index (χ0v) is 22.1. The molecular weight excluding hydrogens is 464 g/mol. The number of carbonyl (C=O) groups is 2. The van der Waals surface area contributed by atoms with Gasteiger partial charge in [-0.3, -0.25) is 19.6 Å². The first-order chi connectivity index (χ1) is 17.8. The van der Waals surface area contributed by atoms with Crippen LogP contribution in [0.5, 0.6) is 0 Å². The lowest BCUT2D eigenvalue weighted by atomic mass is 10.1. The molecule has 4 aromatic heterocycles. The fraction of sp³-hybridized carbons (Fsp3) is 0.310. The van der Waals surface area contributed by atoms with Crippen molar-refractivity contribution in [3.63, 3.8) is 0 Å². The molecule has 0 aliphatic heterocycles. The highest BCUT2D eigenvalue weighted by Crippen LogP contribution is 2.21. The summed E-state index contributed by atoms with van der Waals surface area (Å²) >= 11 is 0. The Morgan fingerprint density at radius 3 is 1.81 bits per heavy atom. The first-order valence-electron chi connectivity index (χ1n) is 12.6. The van der Waals surface area contributed by atoms with E-state index >= 15 is 0 Å². The summed E-state index contributed by atoms with van der Waals surface area (Å²) in [6.45, 7) is 10.2. The first kappa shape index (κ1) is 25.9. The summed E-state index contributed by atoms with van der Waals surface area (Å²) in [6.07, 6.45) is 8.64. The van der Waals surface area contributed by atoms with Crippen LogP contribution >= 0.6 is 0 Å². The number of aromatic nitrogens is 4. The van der Waals surface area contributed by atoms with Gasteiger partial charge < -0.3 is 19.8 Å². The van der Waals surface area contributed by atoms with E-state index in [1.807, 2.05) is 73.2 Å². The molecule has 0 bridgehead atoms. The molecule has 0 aromatic carbocycles. The lowest BCUT2D eigenvalue weighted by Gasteiger charge is -2.19. The topological polar surface area (TPSA) is 93.8 Å². The molecule has 8 nitrogen and oxygen atoms in total. The van der Waals surface area contributed by atoms with Crippen LogP contribution in [-0.4, -0.2) is 43.5 Å². The van der Waals surface area contributed by atoms with E-state index in [1.54, 1.807) is 24.8 Å². The fourth-order valence-corrected chi connectivity index (χ4v) is 4.90. The molecule has 0 saturated carbocycles. The molecule has 0 aliphatic carbocycles. The predicted molar refractivity (Wildman–Crippen MR) is 145 cm³/mol. The van der Waals surface area contributed by atoms with Crippen LogP contribution in [0.2, 0.25) is 0 Å². The second kappa shape index (κ2) is 11.2. The molecule has 0 aliphatic rings. The highest BCUT2D eigenvalue weighted by molar-refractivity contribution is 5.97. The number of aryl methyl sites for hydroxylation is 2. The zero-order valence-electron chi connectivity index (χ0n) is 22.1. The van der Waals surface area contributed by atoms with Gasteiger partial charge in [-0.2, -0.15) is 0 Å². The zero-order chi connectivity index (χ0) is 26.5. The maximum Gasteiger partial charge on any atom is 0.253 e. The van der Waals surface area contributed by atoms with Crippen molar-refractivity contribution in [2.75, 3.05) is 6.54 Å². The minimum absolute atomic E-state index is 0.148. The van der Waals surface area contributed by atoms with E-state index in [4.69, 9.17) is 0 Å². The number of amides is 2. The molecule has 192 valence electrons. The van der Waals surface area contributed by atoms with Gasteiger partial charge in [-0.1, -0.05) is 13.3 Å². The summed E-state index contributed by atoms with van der Waals surface area (Å²) in [5.74, 6) is -0.306. The number of pyridine rings is 2. The number of nitrogens with one attached hydrogen (secondary N) is 2. The van der Waals surface area contributed by atoms with Crippen molar-refractivity contribution in [3.05, 3.63) is 95.1 Å². The van der Waals surface area contributed by atoms with E-state index in [1.165, 1.54) is 0 Å². The summed E-state index contributed by atoms with van der Waals surface area (Å²) in [7, 11) is 0. The normalized spacial score (nSPS) is 11.8. The molecule has 37 heavy (non-hydrogen) atoms. The summed E-state index contributed by atoms with van der Waals surface area (Å²) in [5, 5.41) is 6.17. The Labute approximate surface area is 217 Å². The minimum atomic E-state index is -0.190. The monoisotopic (exact) mass is 498 g/mol. The van der Waals surface area contributed by atoms with Crippen molar-refractivity contribution >= 4 is 11.8 Å². The smallest absolute Gasteiger partial charge is 0.253 e. The number of nitrogens with zero attached hydrogens (tertiary/aromatic N) is 4. The maximum absolute atomic E-state index is 13.3. The van der Waals surface area contributed by atoms with E-state index < -0.39 is 0 Å². The van der Waals surface area contributed by atoms with Crippen LogP contribution in [0, 0.1) is 27.7 Å². The van der Waals surface area contributed by atoms with Crippen LogP contribution in [-0.2, 0) is 0 Å². The molecule has 1 unspecified atom stereocenters. The second-order valence-electron chi connectivity index (χ2n) is 9.33. The van der Waals surface area contributed by atoms with Crippen LogP contribution in [0.15, 0.2) is 61.2 Å². The van der Waals surface area contributed by atoms with E-state index in [0.29, 0.717) is 17.7 Å². The standard InChI is InChI=1S/C29H34N6O2/c1-6-9-23(33-29(37)27-15-20(3)35(22(27)5)25-11-8-13-31-18-25)16-32-28(36)26-14-19(2)34(21(26)4)24-10-7-12-30-17-24/h7-8,10-15,17-18,23H,6,9,16H2,1-5H3,(H,32,36)(H,33,37). The quantitative estimate of drug-likeness (QED) is 0.352. The van der Waals surface area contributed by atoms with Crippen molar-refractivity contribution in [2.24, 2.45) is 0 Å². The van der Waals surface area contributed by atoms with Crippen molar-refractivity contribution in [2.45, 2.75) is 53.5 Å². The van der Waals surface area contributed by atoms with Gasteiger partial charge in [-0.15, -0.1) is 0 Å². The van der Waals surface area contributed by atoms with Crippen molar-refractivity contribution in [1.82, 2.24) is 29.7 Å². The lowest BCUT2D eigenvalue weighted by Crippen LogP contribution is -2.43. The van der Waals surface area contributed by atoms with E-state index in [2.05, 4.69) is 27.5 Å². The molecule has 2 amide bonds. The van der Waals surface area contributed by atoms with Gasteiger partial charge in [0.25, 0.3) is 11.8 Å². The van der Waals surface area contributed by atoms with Crippen LogP contribution in [0.4, 0.5) is 0 Å². The number of rotatable bonds is 9. The van der Waals surface area contributed by atoms with Crippen molar-refractivity contribution < 1.29 is 9.59 Å². The van der Waals surface area contributed by atoms with Crippen molar-refractivity contribution in [1.29, 1.82) is 0 Å². The molecule has 0 radical (unpaired) electrons. The molecule has 2 N–H and O–H groups in total. The van der Waals surface area contributed by atoms with E-state index in [9.17, 15) is 9.59 Å². The van der Waals surface area contributed by atoms with Gasteiger partial charge in [0.2, 0.25) is 0 Å². The summed E-state index contributed by atoms with van der Waals surface area (Å²) in [6, 6.07) is 11.3. The third-order valence-electron chi connectivity index (χ3n) is 6.64. The summed E-state index contributed by atoms with van der Waals surface area (Å²) in [5.41, 5.74) is 6.68. The summed E-state index contributed by atoms with van der Waals surface area (Å²) < 4.78 is 4.04. The predicted octanol–water partition coefficient (Wildman–Crippen LogP) is 4.62. The molecule has 0 saturated heterocycles. The van der Waals surface area contributed by atoms with Crippen molar-refractivity contribution in [3.8, 4) is 11.4 Å². The van der Waals surface area contributed by atoms with Gasteiger partial charge in [-0.05, 0) is 70.5 Å². The Bertz CT molecular complexity index is 1390. The molecular formula is C29H34N6O2. The Morgan fingerprint density at radius 1 is 0.838 bits per heavy atom. The highest BCUT2D eigenvalue weighted by Gasteiger charge is 2.21. The van der Waals surface area contributed by atoms with Crippen LogP contribution in [0.1, 0.15) is 63.3 Å². The Hall–Kier alpha value is -4.20. The van der Waals surface area contributed by atoms with Gasteiger partial charge in [-0.25, -0.2) is 0 Å². The molecule has 4 aromatic rings. The average Bonchev–Trinajstić information content (AvgIpc) is 3.37. The molecule has 4 heterocycles. The van der Waals surface area contributed by atoms with Gasteiger partial charge in [0, 0.05) is 47.8 Å². The van der Waals surface area contributed by atoms with Gasteiger partial charge >= 0.3 is 0 Å². The summed E-state index contributed by atoms with van der Waals surface area (Å²) in [4.78, 5) is 34.8. The van der Waals surface area contributed by atoms with Crippen LogP contribution < -0.4 is 10.6 Å². The minimum Gasteiger partial charge on any atom is -0.350 e. The molecule has 4 rings (SSSR count). The van der Waals surface area contributed by atoms with E-state index in [0.717, 1.165) is 47.0 Å². The highest BCUT2D eigenvalue weighted by atomic mass is 16.2. The Kier molecular flexibility index (Phi) is 7.86. The van der Waals surface area contributed by atoms with Gasteiger partial charge in [0.1, 0.15) is 0 Å². The maximum atomic E-state index is 13.3. The molecule has 0 spiro atoms.